The van der Waals surface area contributed by atoms with Gasteiger partial charge in [0.1, 0.15) is 11.3 Å². The van der Waals surface area contributed by atoms with Crippen LogP contribution in [0.1, 0.15) is 0 Å². The van der Waals surface area contributed by atoms with Gasteiger partial charge in [-0.25, -0.2) is 9.97 Å². The Bertz CT molecular complexity index is 1400. The molecule has 1 amide bonds. The first-order valence-corrected chi connectivity index (χ1v) is 9.19. The molecule has 146 valence electrons. The van der Waals surface area contributed by atoms with Crippen LogP contribution in [0.5, 0.6) is 11.6 Å². The smallest absolute Gasteiger partial charge is 0.247 e. The van der Waals surface area contributed by atoms with Gasteiger partial charge in [-0.05, 0) is 29.8 Å². The Morgan fingerprint density at radius 1 is 1.13 bits per heavy atom. The number of hydrogen-bond acceptors (Lipinski definition) is 5. The minimum Gasteiger partial charge on any atom is -0.437 e. The fourth-order valence-electron chi connectivity index (χ4n) is 3.28. The van der Waals surface area contributed by atoms with E-state index in [1.54, 1.807) is 36.7 Å². The van der Waals surface area contributed by atoms with Gasteiger partial charge in [-0.3, -0.25) is 9.89 Å². The molecule has 0 saturated carbocycles. The number of hydrogen-bond donors (Lipinski definition) is 3. The van der Waals surface area contributed by atoms with E-state index in [-0.39, 0.29) is 5.91 Å². The van der Waals surface area contributed by atoms with Crippen molar-refractivity contribution in [1.29, 1.82) is 0 Å². The SMILES string of the molecule is C=CC(=O)Nc1cccc(Oc2cnc3[nH]cc(-c4cccc5[nH]ncc45)c3n2)c1. The van der Waals surface area contributed by atoms with E-state index in [0.29, 0.717) is 28.5 Å². The quantitative estimate of drug-likeness (QED) is 0.381. The van der Waals surface area contributed by atoms with Crippen molar-refractivity contribution in [1.82, 2.24) is 25.1 Å². The van der Waals surface area contributed by atoms with E-state index in [4.69, 9.17) is 4.74 Å². The standard InChI is InChI=1S/C22H16N6O2/c1-2-19(29)26-13-5-3-6-14(9-13)30-20-12-24-22-21(27-20)17(10-23-22)15-7-4-8-18-16(15)11-25-28-18/h2-12H,1H2,(H,23,24)(H,25,28)(H,26,29). The molecule has 8 nitrogen and oxygen atoms in total. The molecule has 3 aromatic heterocycles. The largest absolute Gasteiger partial charge is 0.437 e. The molecule has 0 atom stereocenters. The molecule has 8 heteroatoms. The lowest BCUT2D eigenvalue weighted by Gasteiger charge is -2.08. The molecule has 0 bridgehead atoms. The average molecular weight is 396 g/mol. The molecule has 0 unspecified atom stereocenters. The molecule has 0 aliphatic heterocycles. The van der Waals surface area contributed by atoms with Gasteiger partial charge >= 0.3 is 0 Å². The van der Waals surface area contributed by atoms with Gasteiger partial charge in [0.2, 0.25) is 11.8 Å². The van der Waals surface area contributed by atoms with Crippen LogP contribution in [0.2, 0.25) is 0 Å². The van der Waals surface area contributed by atoms with Crippen LogP contribution in [-0.4, -0.2) is 31.1 Å². The van der Waals surface area contributed by atoms with Crippen LogP contribution in [0.3, 0.4) is 0 Å². The summed E-state index contributed by atoms with van der Waals surface area (Å²) in [7, 11) is 0. The first-order chi connectivity index (χ1) is 14.7. The zero-order chi connectivity index (χ0) is 20.5. The van der Waals surface area contributed by atoms with E-state index >= 15 is 0 Å². The normalized spacial score (nSPS) is 10.9. The number of H-pyrrole nitrogens is 2. The third-order valence-corrected chi connectivity index (χ3v) is 4.64. The zero-order valence-corrected chi connectivity index (χ0v) is 15.7. The Morgan fingerprint density at radius 3 is 2.93 bits per heavy atom. The number of rotatable bonds is 5. The van der Waals surface area contributed by atoms with Gasteiger partial charge in [0.25, 0.3) is 0 Å². The maximum atomic E-state index is 11.5. The number of nitrogens with one attached hydrogen (secondary N) is 3. The van der Waals surface area contributed by atoms with Crippen LogP contribution < -0.4 is 10.1 Å². The number of carbonyl (C=O) groups excluding carboxylic acids is 1. The van der Waals surface area contributed by atoms with Crippen molar-refractivity contribution in [2.45, 2.75) is 0 Å². The van der Waals surface area contributed by atoms with E-state index in [2.05, 4.69) is 37.0 Å². The molecule has 3 heterocycles. The molecule has 5 rings (SSSR count). The number of carbonyl (C=O) groups is 1. The predicted molar refractivity (Wildman–Crippen MR) is 114 cm³/mol. The summed E-state index contributed by atoms with van der Waals surface area (Å²) in [5.74, 6) is 0.577. The molecule has 30 heavy (non-hydrogen) atoms. The first-order valence-electron chi connectivity index (χ1n) is 9.19. The molecule has 0 fully saturated rings. The second kappa shape index (κ2) is 7.17. The average Bonchev–Trinajstić information content (AvgIpc) is 3.40. The summed E-state index contributed by atoms with van der Waals surface area (Å²) in [5, 5.41) is 10.8. The first kappa shape index (κ1) is 17.6. The van der Waals surface area contributed by atoms with Crippen molar-refractivity contribution in [3.63, 3.8) is 0 Å². The van der Waals surface area contributed by atoms with E-state index in [0.717, 1.165) is 22.0 Å². The van der Waals surface area contributed by atoms with Crippen LogP contribution in [0.15, 0.2) is 73.7 Å². The van der Waals surface area contributed by atoms with Crippen molar-refractivity contribution in [3.05, 3.63) is 73.7 Å². The van der Waals surface area contributed by atoms with Crippen molar-refractivity contribution in [3.8, 4) is 22.8 Å². The minimum atomic E-state index is -0.293. The van der Waals surface area contributed by atoms with E-state index in [9.17, 15) is 4.79 Å². The second-order valence-corrected chi connectivity index (χ2v) is 6.57. The van der Waals surface area contributed by atoms with Crippen molar-refractivity contribution in [2.24, 2.45) is 0 Å². The van der Waals surface area contributed by atoms with Crippen molar-refractivity contribution < 1.29 is 9.53 Å². The van der Waals surface area contributed by atoms with Gasteiger partial charge in [0.05, 0.1) is 17.9 Å². The molecule has 0 aliphatic rings. The lowest BCUT2D eigenvalue weighted by molar-refractivity contribution is -0.111. The molecule has 2 aromatic carbocycles. The Kier molecular flexibility index (Phi) is 4.21. The predicted octanol–water partition coefficient (Wildman–Crippen LogP) is 4.42. The van der Waals surface area contributed by atoms with E-state index in [1.807, 2.05) is 24.4 Å². The molecular weight excluding hydrogens is 380 g/mol. The van der Waals surface area contributed by atoms with Gasteiger partial charge in [0, 0.05) is 28.9 Å². The number of aromatic nitrogens is 5. The molecule has 0 aliphatic carbocycles. The monoisotopic (exact) mass is 396 g/mol. The molecule has 0 radical (unpaired) electrons. The summed E-state index contributed by atoms with van der Waals surface area (Å²) in [4.78, 5) is 23.7. The fraction of sp³-hybridized carbons (Fsp3) is 0. The lowest BCUT2D eigenvalue weighted by Crippen LogP contribution is -2.07. The minimum absolute atomic E-state index is 0.293. The lowest BCUT2D eigenvalue weighted by atomic mass is 10.0. The summed E-state index contributed by atoms with van der Waals surface area (Å²) in [6, 6.07) is 13.0. The van der Waals surface area contributed by atoms with Crippen LogP contribution in [-0.2, 0) is 4.79 Å². The van der Waals surface area contributed by atoms with Crippen molar-refractivity contribution >= 4 is 33.7 Å². The van der Waals surface area contributed by atoms with Crippen LogP contribution in [0.25, 0.3) is 33.2 Å². The maximum absolute atomic E-state index is 11.5. The number of aromatic amines is 2. The molecule has 0 saturated heterocycles. The van der Waals surface area contributed by atoms with Crippen LogP contribution in [0, 0.1) is 0 Å². The number of ether oxygens (including phenoxy) is 1. The number of amides is 1. The zero-order valence-electron chi connectivity index (χ0n) is 15.7. The van der Waals surface area contributed by atoms with Gasteiger partial charge in [-0.2, -0.15) is 5.10 Å². The molecule has 0 spiro atoms. The second-order valence-electron chi connectivity index (χ2n) is 6.57. The highest BCUT2D eigenvalue weighted by atomic mass is 16.5. The third kappa shape index (κ3) is 3.16. The van der Waals surface area contributed by atoms with Gasteiger partial charge in [0.15, 0.2) is 5.65 Å². The maximum Gasteiger partial charge on any atom is 0.247 e. The molecule has 3 N–H and O–H groups in total. The van der Waals surface area contributed by atoms with Gasteiger partial charge in [-0.15, -0.1) is 0 Å². The summed E-state index contributed by atoms with van der Waals surface area (Å²) >= 11 is 0. The number of fused-ring (bicyclic) bond motifs is 2. The molecular formula is C22H16N6O2. The fourth-order valence-corrected chi connectivity index (χ4v) is 3.28. The van der Waals surface area contributed by atoms with Gasteiger partial charge < -0.3 is 15.0 Å². The van der Waals surface area contributed by atoms with Gasteiger partial charge in [-0.1, -0.05) is 24.8 Å². The Hall–Kier alpha value is -4.46. The highest BCUT2D eigenvalue weighted by Crippen LogP contribution is 2.33. The summed E-state index contributed by atoms with van der Waals surface area (Å²) in [6.45, 7) is 3.45. The Morgan fingerprint density at radius 2 is 2.03 bits per heavy atom. The Balaban J connectivity index is 1.51. The van der Waals surface area contributed by atoms with E-state index in [1.165, 1.54) is 6.08 Å². The number of nitrogens with zero attached hydrogens (tertiary/aromatic N) is 3. The third-order valence-electron chi connectivity index (χ3n) is 4.64. The van der Waals surface area contributed by atoms with Crippen LogP contribution >= 0.6 is 0 Å². The summed E-state index contributed by atoms with van der Waals surface area (Å²) < 4.78 is 5.89. The highest BCUT2D eigenvalue weighted by Gasteiger charge is 2.14. The Labute approximate surface area is 170 Å². The summed E-state index contributed by atoms with van der Waals surface area (Å²) in [5.41, 5.74) is 4.79. The number of anilines is 1. The van der Waals surface area contributed by atoms with Crippen LogP contribution in [0.4, 0.5) is 5.69 Å². The number of benzene rings is 2. The topological polar surface area (TPSA) is 109 Å². The van der Waals surface area contributed by atoms with E-state index < -0.39 is 0 Å². The highest BCUT2D eigenvalue weighted by molar-refractivity contribution is 6.01. The summed E-state index contributed by atoms with van der Waals surface area (Å²) in [6.07, 6.45) is 6.43. The molecule has 5 aromatic rings. The van der Waals surface area contributed by atoms with Crippen molar-refractivity contribution in [2.75, 3.05) is 5.32 Å².